The first-order chi connectivity index (χ1) is 14.5. The van der Waals surface area contributed by atoms with Crippen LogP contribution >= 0.6 is 0 Å². The molecule has 0 aliphatic rings. The predicted molar refractivity (Wildman–Crippen MR) is 114 cm³/mol. The van der Waals surface area contributed by atoms with Crippen molar-refractivity contribution in [2.75, 3.05) is 13.7 Å². The molecule has 0 saturated carbocycles. The Kier molecular flexibility index (Phi) is 6.48. The zero-order valence-corrected chi connectivity index (χ0v) is 17.6. The number of benzene rings is 1. The minimum atomic E-state index is 0.0443. The SMILES string of the molecule is C=CCN(Cc1ccc(OC)cc1)C(=O)CCc1c(C)nc2c(C#N)cnn2c1C. The third-order valence-electron chi connectivity index (χ3n) is 5.15. The maximum Gasteiger partial charge on any atom is 0.223 e. The summed E-state index contributed by atoms with van der Waals surface area (Å²) in [5.41, 5.74) is 4.72. The Balaban J connectivity index is 1.75. The summed E-state index contributed by atoms with van der Waals surface area (Å²) in [6, 6.07) is 9.80. The zero-order chi connectivity index (χ0) is 21.7. The average molecular weight is 403 g/mol. The maximum atomic E-state index is 12.9. The van der Waals surface area contributed by atoms with Crippen molar-refractivity contribution in [3.8, 4) is 11.8 Å². The summed E-state index contributed by atoms with van der Waals surface area (Å²) in [5, 5.41) is 13.5. The lowest BCUT2D eigenvalue weighted by Crippen LogP contribution is -2.31. The molecule has 3 rings (SSSR count). The van der Waals surface area contributed by atoms with E-state index in [1.54, 1.807) is 22.6 Å². The molecule has 2 heterocycles. The first-order valence-corrected chi connectivity index (χ1v) is 9.74. The van der Waals surface area contributed by atoms with Gasteiger partial charge in [-0.2, -0.15) is 10.4 Å². The molecule has 1 amide bonds. The van der Waals surface area contributed by atoms with Crippen molar-refractivity contribution in [2.24, 2.45) is 0 Å². The molecule has 0 N–H and O–H groups in total. The molecule has 0 bridgehead atoms. The Bertz CT molecular complexity index is 1110. The van der Waals surface area contributed by atoms with Gasteiger partial charge in [-0.3, -0.25) is 4.79 Å². The van der Waals surface area contributed by atoms with Crippen LogP contribution in [0.5, 0.6) is 5.75 Å². The Morgan fingerprint density at radius 1 is 1.33 bits per heavy atom. The van der Waals surface area contributed by atoms with Crippen molar-refractivity contribution in [2.45, 2.75) is 33.2 Å². The molecule has 0 fully saturated rings. The molecule has 30 heavy (non-hydrogen) atoms. The maximum absolute atomic E-state index is 12.9. The number of hydrogen-bond donors (Lipinski definition) is 0. The predicted octanol–water partition coefficient (Wildman–Crippen LogP) is 3.37. The van der Waals surface area contributed by atoms with Crippen LogP contribution in [0.1, 0.15) is 34.5 Å². The number of ether oxygens (including phenoxy) is 1. The summed E-state index contributed by atoms with van der Waals surface area (Å²) in [6.45, 7) is 8.61. The van der Waals surface area contributed by atoms with Gasteiger partial charge >= 0.3 is 0 Å². The molecule has 3 aromatic rings. The molecule has 2 aromatic heterocycles. The van der Waals surface area contributed by atoms with Gasteiger partial charge in [-0.25, -0.2) is 9.50 Å². The van der Waals surface area contributed by atoms with E-state index in [0.29, 0.717) is 37.1 Å². The van der Waals surface area contributed by atoms with Crippen molar-refractivity contribution in [1.29, 1.82) is 5.26 Å². The molecule has 154 valence electrons. The van der Waals surface area contributed by atoms with Crippen LogP contribution < -0.4 is 4.74 Å². The highest BCUT2D eigenvalue weighted by molar-refractivity contribution is 5.76. The second-order valence-corrected chi connectivity index (χ2v) is 7.08. The highest BCUT2D eigenvalue weighted by atomic mass is 16.5. The summed E-state index contributed by atoms with van der Waals surface area (Å²) in [5.74, 6) is 0.829. The minimum absolute atomic E-state index is 0.0443. The fraction of sp³-hybridized carbons (Fsp3) is 0.304. The Morgan fingerprint density at radius 3 is 2.70 bits per heavy atom. The van der Waals surface area contributed by atoms with Crippen LogP contribution in [0, 0.1) is 25.2 Å². The number of aryl methyl sites for hydroxylation is 2. The second-order valence-electron chi connectivity index (χ2n) is 7.08. The lowest BCUT2D eigenvalue weighted by Gasteiger charge is -2.22. The van der Waals surface area contributed by atoms with Crippen LogP contribution in [-0.2, 0) is 17.8 Å². The van der Waals surface area contributed by atoms with Gasteiger partial charge in [-0.15, -0.1) is 6.58 Å². The first kappa shape index (κ1) is 21.1. The largest absolute Gasteiger partial charge is 0.497 e. The molecule has 0 saturated heterocycles. The monoisotopic (exact) mass is 403 g/mol. The normalized spacial score (nSPS) is 10.6. The number of carbonyl (C=O) groups is 1. The number of aromatic nitrogens is 3. The average Bonchev–Trinajstić information content (AvgIpc) is 3.16. The summed E-state index contributed by atoms with van der Waals surface area (Å²) in [7, 11) is 1.63. The van der Waals surface area contributed by atoms with Gasteiger partial charge < -0.3 is 9.64 Å². The summed E-state index contributed by atoms with van der Waals surface area (Å²) < 4.78 is 6.86. The van der Waals surface area contributed by atoms with E-state index in [1.165, 1.54) is 6.20 Å². The number of nitrogens with zero attached hydrogens (tertiary/aromatic N) is 5. The smallest absolute Gasteiger partial charge is 0.223 e. The van der Waals surface area contributed by atoms with E-state index in [9.17, 15) is 10.1 Å². The van der Waals surface area contributed by atoms with Gasteiger partial charge in [-0.1, -0.05) is 18.2 Å². The van der Waals surface area contributed by atoms with E-state index in [1.807, 2.05) is 38.1 Å². The quantitative estimate of drug-likeness (QED) is 0.539. The third-order valence-corrected chi connectivity index (χ3v) is 5.15. The van der Waals surface area contributed by atoms with Crippen LogP contribution in [0.4, 0.5) is 0 Å². The van der Waals surface area contributed by atoms with Crippen molar-refractivity contribution in [1.82, 2.24) is 19.5 Å². The van der Waals surface area contributed by atoms with Crippen LogP contribution in [0.3, 0.4) is 0 Å². The van der Waals surface area contributed by atoms with Crippen molar-refractivity contribution >= 4 is 11.6 Å². The van der Waals surface area contributed by atoms with Gasteiger partial charge in [-0.05, 0) is 43.5 Å². The van der Waals surface area contributed by atoms with Gasteiger partial charge in [0.2, 0.25) is 5.91 Å². The van der Waals surface area contributed by atoms with Crippen LogP contribution in [0.2, 0.25) is 0 Å². The van der Waals surface area contributed by atoms with Gasteiger partial charge in [0.1, 0.15) is 17.4 Å². The fourth-order valence-electron chi connectivity index (χ4n) is 3.50. The summed E-state index contributed by atoms with van der Waals surface area (Å²) in [6.07, 6.45) is 4.16. The molecule has 0 atom stereocenters. The van der Waals surface area contributed by atoms with E-state index >= 15 is 0 Å². The molecular formula is C23H25N5O2. The van der Waals surface area contributed by atoms with Crippen molar-refractivity contribution < 1.29 is 9.53 Å². The number of methoxy groups -OCH3 is 1. The van der Waals surface area contributed by atoms with E-state index < -0.39 is 0 Å². The van der Waals surface area contributed by atoms with Gasteiger partial charge in [0.15, 0.2) is 5.65 Å². The lowest BCUT2D eigenvalue weighted by molar-refractivity contribution is -0.131. The van der Waals surface area contributed by atoms with Gasteiger partial charge in [0, 0.05) is 30.9 Å². The molecule has 0 aliphatic heterocycles. The van der Waals surface area contributed by atoms with Crippen molar-refractivity contribution in [3.63, 3.8) is 0 Å². The summed E-state index contributed by atoms with van der Waals surface area (Å²) in [4.78, 5) is 19.3. The molecule has 7 heteroatoms. The van der Waals surface area contributed by atoms with Crippen molar-refractivity contribution in [3.05, 3.63) is 71.2 Å². The highest BCUT2D eigenvalue weighted by Crippen LogP contribution is 2.19. The second kappa shape index (κ2) is 9.23. The fourth-order valence-corrected chi connectivity index (χ4v) is 3.50. The number of hydrogen-bond acceptors (Lipinski definition) is 5. The molecule has 0 unspecified atom stereocenters. The van der Waals surface area contributed by atoms with Crippen LogP contribution in [0.25, 0.3) is 5.65 Å². The lowest BCUT2D eigenvalue weighted by atomic mass is 10.1. The van der Waals surface area contributed by atoms with E-state index in [0.717, 1.165) is 28.3 Å². The molecule has 0 aliphatic carbocycles. The van der Waals surface area contributed by atoms with Crippen LogP contribution in [-0.4, -0.2) is 39.1 Å². The molecule has 7 nitrogen and oxygen atoms in total. The van der Waals surface area contributed by atoms with Gasteiger partial charge in [0.05, 0.1) is 13.3 Å². The molecular weight excluding hydrogens is 378 g/mol. The highest BCUT2D eigenvalue weighted by Gasteiger charge is 2.17. The Morgan fingerprint density at radius 2 is 2.07 bits per heavy atom. The molecule has 1 aromatic carbocycles. The molecule has 0 spiro atoms. The summed E-state index contributed by atoms with van der Waals surface area (Å²) >= 11 is 0. The Labute approximate surface area is 176 Å². The topological polar surface area (TPSA) is 83.5 Å². The first-order valence-electron chi connectivity index (χ1n) is 9.74. The van der Waals surface area contributed by atoms with Gasteiger partial charge in [0.25, 0.3) is 0 Å². The van der Waals surface area contributed by atoms with E-state index in [-0.39, 0.29) is 5.91 Å². The number of carbonyl (C=O) groups excluding carboxylic acids is 1. The number of amides is 1. The minimum Gasteiger partial charge on any atom is -0.497 e. The Hall–Kier alpha value is -3.66. The van der Waals surface area contributed by atoms with E-state index in [4.69, 9.17) is 4.74 Å². The standard InChI is InChI=1S/C23H25N5O2/c1-5-12-27(15-18-6-8-20(30-4)9-7-18)22(29)11-10-21-16(2)26-23-19(13-24)14-25-28(23)17(21)3/h5-9,14H,1,10-12,15H2,2-4H3. The number of nitriles is 1. The zero-order valence-electron chi connectivity index (χ0n) is 17.6. The van der Waals surface area contributed by atoms with Crippen LogP contribution in [0.15, 0.2) is 43.1 Å². The molecule has 0 radical (unpaired) electrons. The number of rotatable bonds is 8. The van der Waals surface area contributed by atoms with E-state index in [2.05, 4.69) is 22.7 Å². The number of fused-ring (bicyclic) bond motifs is 1. The third kappa shape index (κ3) is 4.33.